The van der Waals surface area contributed by atoms with Gasteiger partial charge in [-0.2, -0.15) is 4.98 Å². The monoisotopic (exact) mass is 284 g/mol. The maximum Gasteiger partial charge on any atom is 0.257 e. The molecule has 1 aromatic carbocycles. The van der Waals surface area contributed by atoms with Gasteiger partial charge < -0.3 is 10.3 Å². The van der Waals surface area contributed by atoms with Crippen LogP contribution in [-0.4, -0.2) is 25.1 Å². The number of hydrogen-bond acceptors (Lipinski definition) is 6. The summed E-state index contributed by atoms with van der Waals surface area (Å²) in [5, 5.41) is 11.8. The molecule has 0 aliphatic carbocycles. The number of nitrogen functional groups attached to an aromatic ring is 1. The maximum absolute atomic E-state index is 5.76. The quantitative estimate of drug-likeness (QED) is 0.785. The van der Waals surface area contributed by atoms with E-state index in [-0.39, 0.29) is 0 Å². The van der Waals surface area contributed by atoms with E-state index in [1.54, 1.807) is 4.68 Å². The van der Waals surface area contributed by atoms with Crippen LogP contribution in [0.2, 0.25) is 0 Å². The Bertz CT molecular complexity index is 743. The average Bonchev–Trinajstić information content (AvgIpc) is 3.07. The molecule has 0 fully saturated rings. The van der Waals surface area contributed by atoms with Crippen molar-refractivity contribution in [3.05, 3.63) is 41.3 Å². The summed E-state index contributed by atoms with van der Waals surface area (Å²) >= 11 is 0. The van der Waals surface area contributed by atoms with Gasteiger partial charge in [0.25, 0.3) is 5.89 Å². The van der Waals surface area contributed by atoms with Crippen LogP contribution in [0.3, 0.4) is 0 Å². The topological polar surface area (TPSA) is 95.7 Å². The summed E-state index contributed by atoms with van der Waals surface area (Å²) in [5.41, 5.74) is 8.71. The zero-order valence-corrected chi connectivity index (χ0v) is 11.9. The van der Waals surface area contributed by atoms with Gasteiger partial charge in [0.2, 0.25) is 0 Å². The van der Waals surface area contributed by atoms with Gasteiger partial charge in [-0.25, -0.2) is 4.68 Å². The molecule has 2 aromatic heterocycles. The largest absolute Gasteiger partial charge is 0.381 e. The predicted octanol–water partition coefficient (Wildman–Crippen LogP) is 1.83. The van der Waals surface area contributed by atoms with Gasteiger partial charge in [-0.15, -0.1) is 5.10 Å². The molecule has 2 heterocycles. The number of nitrogens with zero attached hydrogens (tertiary/aromatic N) is 5. The van der Waals surface area contributed by atoms with Crippen LogP contribution in [-0.2, 0) is 13.0 Å². The summed E-state index contributed by atoms with van der Waals surface area (Å²) in [6.45, 7) is 4.42. The molecular formula is C14H16N6O. The van der Waals surface area contributed by atoms with Crippen LogP contribution in [0, 0.1) is 6.92 Å². The van der Waals surface area contributed by atoms with Gasteiger partial charge in [-0.05, 0) is 25.5 Å². The number of anilines is 1. The molecule has 0 radical (unpaired) electrons. The second-order valence-electron chi connectivity index (χ2n) is 4.81. The highest BCUT2D eigenvalue weighted by Gasteiger charge is 2.13. The molecule has 0 bridgehead atoms. The van der Waals surface area contributed by atoms with Gasteiger partial charge in [0.1, 0.15) is 6.54 Å². The molecule has 21 heavy (non-hydrogen) atoms. The fourth-order valence-electron chi connectivity index (χ4n) is 2.10. The first kappa shape index (κ1) is 13.3. The van der Waals surface area contributed by atoms with E-state index in [0.717, 1.165) is 17.7 Å². The Labute approximate surface area is 121 Å². The molecule has 0 saturated carbocycles. The molecule has 0 spiro atoms. The minimum absolute atomic E-state index is 0.392. The molecule has 0 unspecified atom stereocenters. The highest BCUT2D eigenvalue weighted by atomic mass is 16.5. The Kier molecular flexibility index (Phi) is 3.39. The van der Waals surface area contributed by atoms with Crippen molar-refractivity contribution < 1.29 is 4.52 Å². The first-order valence-electron chi connectivity index (χ1n) is 6.75. The smallest absolute Gasteiger partial charge is 0.257 e. The lowest BCUT2D eigenvalue weighted by Crippen LogP contribution is -2.08. The number of benzene rings is 1. The molecule has 3 rings (SSSR count). The van der Waals surface area contributed by atoms with E-state index in [9.17, 15) is 0 Å². The van der Waals surface area contributed by atoms with Gasteiger partial charge in [0.15, 0.2) is 11.6 Å². The third kappa shape index (κ3) is 2.62. The number of aromatic nitrogens is 5. The van der Waals surface area contributed by atoms with Crippen LogP contribution in [0.5, 0.6) is 0 Å². The van der Waals surface area contributed by atoms with Crippen LogP contribution in [0.1, 0.15) is 24.0 Å². The minimum Gasteiger partial charge on any atom is -0.381 e. The molecule has 7 heteroatoms. The van der Waals surface area contributed by atoms with E-state index < -0.39 is 0 Å². The molecule has 108 valence electrons. The van der Waals surface area contributed by atoms with Crippen molar-refractivity contribution in [2.24, 2.45) is 0 Å². The van der Waals surface area contributed by atoms with Gasteiger partial charge >= 0.3 is 0 Å². The Morgan fingerprint density at radius 2 is 2.00 bits per heavy atom. The molecule has 7 nitrogen and oxygen atoms in total. The Hall–Kier alpha value is -2.70. The zero-order chi connectivity index (χ0) is 14.8. The van der Waals surface area contributed by atoms with E-state index in [0.29, 0.717) is 24.1 Å². The van der Waals surface area contributed by atoms with Crippen molar-refractivity contribution in [2.45, 2.75) is 26.8 Å². The molecule has 2 N–H and O–H groups in total. The van der Waals surface area contributed by atoms with Crippen LogP contribution in [0.4, 0.5) is 5.82 Å². The van der Waals surface area contributed by atoms with Crippen molar-refractivity contribution in [3.63, 3.8) is 0 Å². The summed E-state index contributed by atoms with van der Waals surface area (Å²) in [4.78, 5) is 4.38. The number of hydrogen-bond donors (Lipinski definition) is 1. The predicted molar refractivity (Wildman–Crippen MR) is 77.4 cm³/mol. The zero-order valence-electron chi connectivity index (χ0n) is 11.9. The lowest BCUT2D eigenvalue weighted by atomic mass is 10.1. The van der Waals surface area contributed by atoms with Crippen molar-refractivity contribution >= 4 is 5.82 Å². The molecule has 0 amide bonds. The third-order valence-corrected chi connectivity index (χ3v) is 3.26. The first-order chi connectivity index (χ1) is 10.2. The second-order valence-corrected chi connectivity index (χ2v) is 4.81. The van der Waals surface area contributed by atoms with E-state index in [2.05, 4.69) is 20.5 Å². The fraction of sp³-hybridized carbons (Fsp3) is 0.286. The van der Waals surface area contributed by atoms with E-state index in [1.807, 2.05) is 38.1 Å². The lowest BCUT2D eigenvalue weighted by Gasteiger charge is -2.00. The summed E-state index contributed by atoms with van der Waals surface area (Å²) in [7, 11) is 0. The van der Waals surface area contributed by atoms with E-state index in [4.69, 9.17) is 10.3 Å². The molecule has 0 atom stereocenters. The second kappa shape index (κ2) is 5.35. The van der Waals surface area contributed by atoms with Crippen molar-refractivity contribution in [2.75, 3.05) is 5.73 Å². The summed E-state index contributed by atoms with van der Waals surface area (Å²) in [6, 6.07) is 7.92. The van der Waals surface area contributed by atoms with Gasteiger partial charge in [0, 0.05) is 5.56 Å². The fourth-order valence-corrected chi connectivity index (χ4v) is 2.10. The highest BCUT2D eigenvalue weighted by Crippen LogP contribution is 2.18. The summed E-state index contributed by atoms with van der Waals surface area (Å²) in [5.74, 6) is 1.49. The normalized spacial score (nSPS) is 11.0. The van der Waals surface area contributed by atoms with E-state index >= 15 is 0 Å². The lowest BCUT2D eigenvalue weighted by molar-refractivity contribution is 0.417. The van der Waals surface area contributed by atoms with Crippen LogP contribution < -0.4 is 5.73 Å². The number of nitrogens with two attached hydrogens (primary N) is 1. The van der Waals surface area contributed by atoms with Crippen molar-refractivity contribution in [1.29, 1.82) is 0 Å². The Morgan fingerprint density at radius 1 is 1.24 bits per heavy atom. The highest BCUT2D eigenvalue weighted by molar-refractivity contribution is 5.53. The summed E-state index contributed by atoms with van der Waals surface area (Å²) < 4.78 is 6.98. The summed E-state index contributed by atoms with van der Waals surface area (Å²) in [6.07, 6.45) is 0.751. The maximum atomic E-state index is 5.76. The van der Waals surface area contributed by atoms with Crippen molar-refractivity contribution in [1.82, 2.24) is 25.1 Å². The van der Waals surface area contributed by atoms with Gasteiger partial charge in [-0.1, -0.05) is 35.0 Å². The number of rotatable bonds is 4. The minimum atomic E-state index is 0.392. The van der Waals surface area contributed by atoms with Crippen molar-refractivity contribution in [3.8, 4) is 11.5 Å². The molecule has 0 saturated heterocycles. The molecule has 3 aromatic rings. The standard InChI is InChI=1S/C14H16N6O/c1-3-11-13(15)17-19-20(11)8-12-16-14(21-18-12)10-6-4-9(2)5-7-10/h4-7H,3,8,15H2,1-2H3. The first-order valence-corrected chi connectivity index (χ1v) is 6.75. The SMILES string of the molecule is CCc1c(N)nnn1Cc1noc(-c2ccc(C)cc2)n1. The van der Waals surface area contributed by atoms with Crippen LogP contribution in [0.25, 0.3) is 11.5 Å². The molecule has 0 aliphatic heterocycles. The van der Waals surface area contributed by atoms with E-state index in [1.165, 1.54) is 5.56 Å². The van der Waals surface area contributed by atoms with Gasteiger partial charge in [-0.3, -0.25) is 0 Å². The van der Waals surface area contributed by atoms with Crippen LogP contribution >= 0.6 is 0 Å². The van der Waals surface area contributed by atoms with Gasteiger partial charge in [0.05, 0.1) is 5.69 Å². The third-order valence-electron chi connectivity index (χ3n) is 3.26. The molecular weight excluding hydrogens is 268 g/mol. The number of aryl methyl sites for hydroxylation is 1. The Morgan fingerprint density at radius 3 is 2.71 bits per heavy atom. The Balaban J connectivity index is 1.83. The molecule has 0 aliphatic rings. The van der Waals surface area contributed by atoms with Crippen LogP contribution in [0.15, 0.2) is 28.8 Å². The average molecular weight is 284 g/mol.